The lowest BCUT2D eigenvalue weighted by molar-refractivity contribution is -0.156. The first-order chi connectivity index (χ1) is 14.5. The van der Waals surface area contributed by atoms with Crippen LogP contribution in [0.3, 0.4) is 0 Å². The minimum atomic E-state index is -5.77. The predicted octanol–water partition coefficient (Wildman–Crippen LogP) is -1.93. The second-order valence-corrected chi connectivity index (χ2v) is 10.5. The number of esters is 1. The molecule has 1 aliphatic rings. The monoisotopic (exact) mass is 526 g/mol. The van der Waals surface area contributed by atoms with E-state index in [-0.39, 0.29) is 0 Å². The van der Waals surface area contributed by atoms with Gasteiger partial charge in [-0.1, -0.05) is 0 Å². The molecular formula is C11H17N2O16P3. The molecule has 182 valence electrons. The maximum absolute atomic E-state index is 12.0. The molecule has 0 radical (unpaired) electrons. The summed E-state index contributed by atoms with van der Waals surface area (Å²) in [5, 5.41) is 10.3. The van der Waals surface area contributed by atoms with Gasteiger partial charge in [0.2, 0.25) is 0 Å². The Hall–Kier alpha value is -1.52. The van der Waals surface area contributed by atoms with Gasteiger partial charge >= 0.3 is 35.1 Å². The van der Waals surface area contributed by atoms with Crippen molar-refractivity contribution >= 4 is 29.4 Å². The smallest absolute Gasteiger partial charge is 0.455 e. The fourth-order valence-corrected chi connectivity index (χ4v) is 5.53. The van der Waals surface area contributed by atoms with Gasteiger partial charge in [-0.25, -0.2) is 18.5 Å². The lowest BCUT2D eigenvalue weighted by Crippen LogP contribution is -2.40. The van der Waals surface area contributed by atoms with Crippen LogP contribution in [0, 0.1) is 0 Å². The van der Waals surface area contributed by atoms with E-state index in [0.29, 0.717) is 0 Å². The summed E-state index contributed by atoms with van der Waals surface area (Å²) >= 11 is 0. The van der Waals surface area contributed by atoms with Crippen LogP contribution in [0.4, 0.5) is 0 Å². The molecule has 1 saturated heterocycles. The predicted molar refractivity (Wildman–Crippen MR) is 96.6 cm³/mol. The number of rotatable bonds is 9. The highest BCUT2D eigenvalue weighted by Crippen LogP contribution is 2.66. The van der Waals surface area contributed by atoms with Crippen molar-refractivity contribution in [3.8, 4) is 0 Å². The summed E-state index contributed by atoms with van der Waals surface area (Å²) < 4.78 is 56.2. The van der Waals surface area contributed by atoms with Crippen molar-refractivity contribution in [3.05, 3.63) is 33.1 Å². The van der Waals surface area contributed by atoms with E-state index in [0.717, 1.165) is 23.8 Å². The number of H-pyrrole nitrogens is 1. The Balaban J connectivity index is 2.17. The van der Waals surface area contributed by atoms with Crippen LogP contribution in [0.5, 0.6) is 0 Å². The van der Waals surface area contributed by atoms with E-state index in [1.54, 1.807) is 0 Å². The van der Waals surface area contributed by atoms with Crippen molar-refractivity contribution in [1.29, 1.82) is 0 Å². The van der Waals surface area contributed by atoms with E-state index >= 15 is 0 Å². The van der Waals surface area contributed by atoms with E-state index in [1.807, 2.05) is 4.98 Å². The van der Waals surface area contributed by atoms with Crippen LogP contribution in [0.25, 0.3) is 0 Å². The number of phosphoric ester groups is 1. The van der Waals surface area contributed by atoms with E-state index in [9.17, 15) is 38.1 Å². The number of hydrogen-bond acceptors (Lipinski definition) is 12. The highest BCUT2D eigenvalue weighted by molar-refractivity contribution is 7.66. The number of carbonyl (C=O) groups is 1. The molecule has 6 atom stereocenters. The third-order valence-electron chi connectivity index (χ3n) is 3.56. The zero-order valence-electron chi connectivity index (χ0n) is 15.7. The number of ether oxygens (including phenoxy) is 2. The minimum Gasteiger partial charge on any atom is -0.455 e. The first kappa shape index (κ1) is 26.7. The fourth-order valence-electron chi connectivity index (χ4n) is 2.50. The maximum Gasteiger partial charge on any atom is 0.490 e. The summed E-state index contributed by atoms with van der Waals surface area (Å²) in [5.74, 6) is -0.909. The normalized spacial score (nSPS) is 27.4. The van der Waals surface area contributed by atoms with E-state index in [1.165, 1.54) is 0 Å². The van der Waals surface area contributed by atoms with E-state index in [2.05, 4.69) is 13.1 Å². The molecule has 0 bridgehead atoms. The summed E-state index contributed by atoms with van der Waals surface area (Å²) in [5.41, 5.74) is -1.78. The molecular weight excluding hydrogens is 509 g/mol. The summed E-state index contributed by atoms with van der Waals surface area (Å²) in [6.07, 6.45) is -5.53. The number of aliphatic hydroxyl groups is 1. The van der Waals surface area contributed by atoms with Gasteiger partial charge in [-0.3, -0.25) is 23.7 Å². The van der Waals surface area contributed by atoms with Crippen molar-refractivity contribution in [1.82, 2.24) is 9.55 Å². The molecule has 18 nitrogen and oxygen atoms in total. The summed E-state index contributed by atoms with van der Waals surface area (Å²) in [7, 11) is -16.9. The van der Waals surface area contributed by atoms with Gasteiger partial charge in [0.05, 0.1) is 6.61 Å². The second kappa shape index (κ2) is 9.77. The van der Waals surface area contributed by atoms with Crippen LogP contribution in [0.1, 0.15) is 13.2 Å². The van der Waals surface area contributed by atoms with Gasteiger partial charge in [-0.05, 0) is 0 Å². The fraction of sp³-hybridized carbons (Fsp3) is 0.545. The molecule has 2 rings (SSSR count). The number of carbonyl (C=O) groups excluding carboxylic acids is 1. The Morgan fingerprint density at radius 2 is 1.78 bits per heavy atom. The number of aromatic nitrogens is 2. The molecule has 1 aliphatic heterocycles. The van der Waals surface area contributed by atoms with Gasteiger partial charge in [0, 0.05) is 19.2 Å². The summed E-state index contributed by atoms with van der Waals surface area (Å²) in [6.45, 7) is -0.101. The van der Waals surface area contributed by atoms with Gasteiger partial charge < -0.3 is 34.2 Å². The zero-order chi connectivity index (χ0) is 24.5. The van der Waals surface area contributed by atoms with Gasteiger partial charge in [-0.15, -0.1) is 0 Å². The Morgan fingerprint density at radius 1 is 1.16 bits per heavy atom. The lowest BCUT2D eigenvalue weighted by atomic mass is 10.1. The molecule has 6 N–H and O–H groups in total. The van der Waals surface area contributed by atoms with Crippen LogP contribution >= 0.6 is 23.5 Å². The van der Waals surface area contributed by atoms with Crippen LogP contribution in [-0.4, -0.2) is 65.1 Å². The molecule has 2 unspecified atom stereocenters. The Bertz CT molecular complexity index is 1110. The van der Waals surface area contributed by atoms with Gasteiger partial charge in [0.15, 0.2) is 12.3 Å². The van der Waals surface area contributed by atoms with Crippen molar-refractivity contribution in [2.24, 2.45) is 0 Å². The molecule has 0 amide bonds. The summed E-state index contributed by atoms with van der Waals surface area (Å²) in [4.78, 5) is 72.0. The lowest BCUT2D eigenvalue weighted by Gasteiger charge is -2.21. The molecule has 1 aromatic heterocycles. The van der Waals surface area contributed by atoms with Crippen LogP contribution in [0.2, 0.25) is 0 Å². The topological polar surface area (TPSA) is 270 Å². The second-order valence-electron chi connectivity index (χ2n) is 6.03. The van der Waals surface area contributed by atoms with Crippen molar-refractivity contribution in [3.63, 3.8) is 0 Å². The first-order valence-corrected chi connectivity index (χ1v) is 12.6. The number of aliphatic hydroxyl groups excluding tert-OH is 1. The minimum absolute atomic E-state index is 0.739. The molecule has 0 saturated carbocycles. The molecule has 0 aliphatic carbocycles. The molecule has 1 fully saturated rings. The molecule has 0 spiro atoms. The van der Waals surface area contributed by atoms with E-state index in [4.69, 9.17) is 24.2 Å². The van der Waals surface area contributed by atoms with Gasteiger partial charge in [0.1, 0.15) is 12.2 Å². The number of aromatic amines is 1. The average molecular weight is 526 g/mol. The molecule has 1 aromatic rings. The number of phosphoric acid groups is 3. The SMILES string of the molecule is CC(=O)O[C@@H]1[C@H](O)[C@@H](COP(=O)(O)OP(=O)(O)OP(=O)(O)O)O[C@H]1n1ccc(=O)[nH]c1=O. The third-order valence-corrected chi connectivity index (χ3v) is 7.36. The number of hydrogen-bond donors (Lipinski definition) is 6. The highest BCUT2D eigenvalue weighted by atomic mass is 31.3. The molecule has 21 heteroatoms. The van der Waals surface area contributed by atoms with Crippen molar-refractivity contribution < 1.29 is 65.8 Å². The quantitative estimate of drug-likeness (QED) is 0.151. The number of nitrogens with one attached hydrogen (secondary N) is 1. The maximum atomic E-state index is 12.0. The molecule has 0 aromatic carbocycles. The van der Waals surface area contributed by atoms with Gasteiger partial charge in [-0.2, -0.15) is 8.62 Å². The van der Waals surface area contributed by atoms with Crippen LogP contribution < -0.4 is 11.2 Å². The van der Waals surface area contributed by atoms with Crippen molar-refractivity contribution in [2.45, 2.75) is 31.5 Å². The van der Waals surface area contributed by atoms with Crippen molar-refractivity contribution in [2.75, 3.05) is 6.61 Å². The first-order valence-electron chi connectivity index (χ1n) is 8.10. The van der Waals surface area contributed by atoms with E-state index < -0.39 is 71.8 Å². The van der Waals surface area contributed by atoms with Crippen LogP contribution in [-0.2, 0) is 41.1 Å². The Kier molecular flexibility index (Phi) is 8.16. The highest BCUT2D eigenvalue weighted by Gasteiger charge is 2.49. The third kappa shape index (κ3) is 7.52. The largest absolute Gasteiger partial charge is 0.490 e. The molecule has 2 heterocycles. The summed E-state index contributed by atoms with van der Waals surface area (Å²) in [6, 6.07) is 0.918. The van der Waals surface area contributed by atoms with Gasteiger partial charge in [0.25, 0.3) is 5.56 Å². The average Bonchev–Trinajstić information content (AvgIpc) is 2.85. The standard InChI is InChI=1S/C11H17N2O16P3/c1-5(14)26-9-8(16)6(27-10(9)13-3-2-7(15)12-11(13)17)4-25-31(21,22)29-32(23,24)28-30(18,19)20/h2-3,6,8-10,16H,4H2,1H3,(H,21,22)(H,23,24)(H,12,15,17)(H2,18,19,20)/t6-,8-,9-,10-/m1/s1. The number of nitrogens with zero attached hydrogens (tertiary/aromatic N) is 1. The molecule has 32 heavy (non-hydrogen) atoms. The zero-order valence-corrected chi connectivity index (χ0v) is 18.4. The Morgan fingerprint density at radius 3 is 2.31 bits per heavy atom. The Labute approximate surface area is 176 Å². The van der Waals surface area contributed by atoms with Crippen LogP contribution in [0.15, 0.2) is 21.9 Å².